The van der Waals surface area contributed by atoms with Gasteiger partial charge < -0.3 is 9.32 Å². The minimum atomic E-state index is 0.241. The number of carbonyl (C=O) groups is 1. The molecule has 0 spiro atoms. The summed E-state index contributed by atoms with van der Waals surface area (Å²) in [5.74, 6) is 2.85. The number of aryl methyl sites for hydroxylation is 1. The minimum absolute atomic E-state index is 0.241. The lowest BCUT2D eigenvalue weighted by atomic mass is 9.93. The van der Waals surface area contributed by atoms with E-state index in [4.69, 9.17) is 4.42 Å². The van der Waals surface area contributed by atoms with Crippen LogP contribution < -0.4 is 0 Å². The molecule has 0 N–H and O–H groups in total. The second kappa shape index (κ2) is 8.78. The van der Waals surface area contributed by atoms with Crippen LogP contribution in [0.3, 0.4) is 0 Å². The van der Waals surface area contributed by atoms with Crippen molar-refractivity contribution in [2.45, 2.75) is 64.5 Å². The van der Waals surface area contributed by atoms with Gasteiger partial charge in [0, 0.05) is 45.2 Å². The molecule has 0 radical (unpaired) electrons. The van der Waals surface area contributed by atoms with Gasteiger partial charge in [0.15, 0.2) is 0 Å². The Bertz CT molecular complexity index is 615. The third kappa shape index (κ3) is 4.57. The van der Waals surface area contributed by atoms with Crippen LogP contribution in [-0.2, 0) is 17.8 Å². The van der Waals surface area contributed by atoms with Crippen molar-refractivity contribution in [1.29, 1.82) is 0 Å². The van der Waals surface area contributed by atoms with Crippen molar-refractivity contribution in [3.05, 3.63) is 23.7 Å². The van der Waals surface area contributed by atoms with Crippen LogP contribution in [0.15, 0.2) is 16.5 Å². The molecule has 0 aromatic carbocycles. The molecule has 3 saturated heterocycles. The largest absolute Gasteiger partial charge is 0.465 e. The van der Waals surface area contributed by atoms with E-state index in [0.29, 0.717) is 11.9 Å². The van der Waals surface area contributed by atoms with E-state index in [-0.39, 0.29) is 5.92 Å². The van der Waals surface area contributed by atoms with Crippen molar-refractivity contribution in [3.8, 4) is 0 Å². The van der Waals surface area contributed by atoms with Crippen molar-refractivity contribution < 1.29 is 9.21 Å². The van der Waals surface area contributed by atoms with Crippen LogP contribution in [0.5, 0.6) is 0 Å². The molecular formula is C22H35N3O2. The predicted octanol–water partition coefficient (Wildman–Crippen LogP) is 3.14. The fraction of sp³-hybridized carbons (Fsp3) is 0.773. The van der Waals surface area contributed by atoms with Gasteiger partial charge in [-0.25, -0.2) is 0 Å². The number of hydrogen-bond acceptors (Lipinski definition) is 4. The Morgan fingerprint density at radius 3 is 2.44 bits per heavy atom. The Hall–Kier alpha value is -1.33. The molecule has 0 aliphatic carbocycles. The van der Waals surface area contributed by atoms with E-state index in [0.717, 1.165) is 63.6 Å². The van der Waals surface area contributed by atoms with Crippen LogP contribution in [-0.4, -0.2) is 65.9 Å². The number of carbonyl (C=O) groups excluding carboxylic acids is 1. The maximum absolute atomic E-state index is 12.8. The lowest BCUT2D eigenvalue weighted by Crippen LogP contribution is -2.50. The summed E-state index contributed by atoms with van der Waals surface area (Å²) in [6.45, 7) is 9.46. The third-order valence-corrected chi connectivity index (χ3v) is 6.74. The van der Waals surface area contributed by atoms with Gasteiger partial charge in [-0.2, -0.15) is 0 Å². The molecule has 1 atom stereocenters. The summed E-state index contributed by atoms with van der Waals surface area (Å²) < 4.78 is 5.87. The highest BCUT2D eigenvalue weighted by Crippen LogP contribution is 2.26. The van der Waals surface area contributed by atoms with E-state index < -0.39 is 0 Å². The average molecular weight is 374 g/mol. The molecule has 1 aromatic heterocycles. The van der Waals surface area contributed by atoms with Gasteiger partial charge in [0.25, 0.3) is 0 Å². The lowest BCUT2D eigenvalue weighted by Gasteiger charge is -2.42. The Labute approximate surface area is 163 Å². The van der Waals surface area contributed by atoms with Crippen molar-refractivity contribution in [1.82, 2.24) is 14.7 Å². The van der Waals surface area contributed by atoms with E-state index in [2.05, 4.69) is 33.8 Å². The quantitative estimate of drug-likeness (QED) is 0.795. The van der Waals surface area contributed by atoms with Crippen molar-refractivity contribution >= 4 is 5.91 Å². The van der Waals surface area contributed by atoms with Crippen molar-refractivity contribution in [3.63, 3.8) is 0 Å². The molecule has 3 aliphatic heterocycles. The highest BCUT2D eigenvalue weighted by molar-refractivity contribution is 5.79. The van der Waals surface area contributed by atoms with Crippen LogP contribution in [0, 0.1) is 5.92 Å². The highest BCUT2D eigenvalue weighted by atomic mass is 16.3. The zero-order valence-electron chi connectivity index (χ0n) is 16.9. The number of furan rings is 1. The average Bonchev–Trinajstić information content (AvgIpc) is 3.40. The normalized spacial score (nSPS) is 26.0. The highest BCUT2D eigenvalue weighted by Gasteiger charge is 2.34. The molecule has 27 heavy (non-hydrogen) atoms. The lowest BCUT2D eigenvalue weighted by molar-refractivity contribution is -0.136. The van der Waals surface area contributed by atoms with Gasteiger partial charge in [-0.1, -0.05) is 6.92 Å². The number of rotatable bonds is 5. The molecule has 1 amide bonds. The smallest absolute Gasteiger partial charge is 0.226 e. The number of hydrogen-bond donors (Lipinski definition) is 0. The van der Waals surface area contributed by atoms with Gasteiger partial charge in [0.1, 0.15) is 11.5 Å². The molecule has 4 rings (SSSR count). The van der Waals surface area contributed by atoms with Gasteiger partial charge >= 0.3 is 0 Å². The molecule has 0 unspecified atom stereocenters. The first-order valence-electron chi connectivity index (χ1n) is 11.1. The second-order valence-electron chi connectivity index (χ2n) is 8.60. The summed E-state index contributed by atoms with van der Waals surface area (Å²) in [6.07, 6.45) is 8.04. The maximum atomic E-state index is 12.8. The summed E-state index contributed by atoms with van der Waals surface area (Å²) in [5.41, 5.74) is 0. The summed E-state index contributed by atoms with van der Waals surface area (Å²) in [4.78, 5) is 20.1. The molecule has 0 bridgehead atoms. The summed E-state index contributed by atoms with van der Waals surface area (Å²) in [5, 5.41) is 0. The molecule has 4 heterocycles. The number of nitrogens with zero attached hydrogens (tertiary/aromatic N) is 3. The SMILES string of the molecule is CCc1ccc(CN2CCC(N3CCC[C@H](C(=O)N4CCCC4)C3)CC2)o1. The molecule has 150 valence electrons. The first-order chi connectivity index (χ1) is 13.2. The van der Waals surface area contributed by atoms with E-state index in [1.54, 1.807) is 0 Å². The zero-order valence-corrected chi connectivity index (χ0v) is 16.9. The van der Waals surface area contributed by atoms with Gasteiger partial charge in [0.05, 0.1) is 12.5 Å². The van der Waals surface area contributed by atoms with Crippen molar-refractivity contribution in [2.24, 2.45) is 5.92 Å². The molecule has 0 saturated carbocycles. The van der Waals surface area contributed by atoms with E-state index in [9.17, 15) is 4.79 Å². The van der Waals surface area contributed by atoms with Crippen LogP contribution in [0.4, 0.5) is 0 Å². The van der Waals surface area contributed by atoms with Gasteiger partial charge in [0.2, 0.25) is 5.91 Å². The van der Waals surface area contributed by atoms with Crippen LogP contribution in [0.1, 0.15) is 57.0 Å². The van der Waals surface area contributed by atoms with Crippen LogP contribution in [0.2, 0.25) is 0 Å². The number of likely N-dealkylation sites (tertiary alicyclic amines) is 3. The Morgan fingerprint density at radius 1 is 1.00 bits per heavy atom. The number of amides is 1. The molecule has 1 aromatic rings. The topological polar surface area (TPSA) is 39.9 Å². The Kier molecular flexibility index (Phi) is 6.18. The molecular weight excluding hydrogens is 338 g/mol. The monoisotopic (exact) mass is 373 g/mol. The summed E-state index contributed by atoms with van der Waals surface area (Å²) >= 11 is 0. The number of piperidine rings is 2. The standard InChI is InChI=1S/C22H35N3O2/c1-2-20-7-8-21(27-20)17-23-14-9-19(10-15-23)25-13-5-6-18(16-25)22(26)24-11-3-4-12-24/h7-8,18-19H,2-6,9-17H2,1H3/t18-/m0/s1. The van der Waals surface area contributed by atoms with E-state index >= 15 is 0 Å². The fourth-order valence-corrected chi connectivity index (χ4v) is 5.10. The Balaban J connectivity index is 1.25. The molecule has 5 heteroatoms. The van der Waals surface area contributed by atoms with Gasteiger partial charge in [-0.3, -0.25) is 14.6 Å². The molecule has 3 aliphatic rings. The first kappa shape index (κ1) is 19.0. The summed E-state index contributed by atoms with van der Waals surface area (Å²) in [6, 6.07) is 4.88. The van der Waals surface area contributed by atoms with Crippen LogP contribution in [0.25, 0.3) is 0 Å². The fourth-order valence-electron chi connectivity index (χ4n) is 5.10. The third-order valence-electron chi connectivity index (χ3n) is 6.74. The Morgan fingerprint density at radius 2 is 1.74 bits per heavy atom. The first-order valence-corrected chi connectivity index (χ1v) is 11.1. The van der Waals surface area contributed by atoms with Crippen LogP contribution >= 0.6 is 0 Å². The van der Waals surface area contributed by atoms with Crippen molar-refractivity contribution in [2.75, 3.05) is 39.3 Å². The van der Waals surface area contributed by atoms with Gasteiger partial charge in [-0.05, 0) is 57.2 Å². The minimum Gasteiger partial charge on any atom is -0.465 e. The maximum Gasteiger partial charge on any atom is 0.226 e. The second-order valence-corrected chi connectivity index (χ2v) is 8.60. The van der Waals surface area contributed by atoms with Gasteiger partial charge in [-0.15, -0.1) is 0 Å². The molecule has 5 nitrogen and oxygen atoms in total. The van der Waals surface area contributed by atoms with E-state index in [1.807, 2.05) is 0 Å². The zero-order chi connectivity index (χ0) is 18.6. The molecule has 3 fully saturated rings. The summed E-state index contributed by atoms with van der Waals surface area (Å²) in [7, 11) is 0. The van der Waals surface area contributed by atoms with E-state index in [1.165, 1.54) is 38.6 Å². The predicted molar refractivity (Wildman–Crippen MR) is 106 cm³/mol.